The van der Waals surface area contributed by atoms with Gasteiger partial charge in [0.1, 0.15) is 0 Å². The van der Waals surface area contributed by atoms with Crippen molar-refractivity contribution in [1.29, 1.82) is 0 Å². The number of halogens is 1. The number of anilines is 1. The molecule has 1 heterocycles. The van der Waals surface area contributed by atoms with E-state index in [1.165, 1.54) is 19.3 Å². The predicted molar refractivity (Wildman–Crippen MR) is 67.7 cm³/mol. The molecule has 0 spiro atoms. The van der Waals surface area contributed by atoms with Crippen molar-refractivity contribution in [3.8, 4) is 0 Å². The molecule has 4 heteroatoms. The summed E-state index contributed by atoms with van der Waals surface area (Å²) in [6, 6.07) is 2.23. The van der Waals surface area contributed by atoms with Crippen LogP contribution in [0.3, 0.4) is 0 Å². The van der Waals surface area contributed by atoms with Crippen LogP contribution in [0, 0.1) is 5.92 Å². The Morgan fingerprint density at radius 1 is 1.44 bits per heavy atom. The number of rotatable bonds is 3. The first-order valence-electron chi connectivity index (χ1n) is 5.86. The van der Waals surface area contributed by atoms with Gasteiger partial charge in [-0.3, -0.25) is 4.98 Å². The Morgan fingerprint density at radius 2 is 2.25 bits per heavy atom. The average molecular weight is 240 g/mol. The zero-order chi connectivity index (χ0) is 11.4. The molecule has 2 unspecified atom stereocenters. The molecule has 0 saturated heterocycles. The highest BCUT2D eigenvalue weighted by atomic mass is 35.5. The Kier molecular flexibility index (Phi) is 4.02. The molecule has 1 aromatic heterocycles. The highest BCUT2D eigenvalue weighted by Crippen LogP contribution is 2.25. The zero-order valence-electron chi connectivity index (χ0n) is 9.32. The van der Waals surface area contributed by atoms with Gasteiger partial charge in [0, 0.05) is 25.0 Å². The fourth-order valence-electron chi connectivity index (χ4n) is 2.25. The third-order valence-electron chi connectivity index (χ3n) is 3.30. The van der Waals surface area contributed by atoms with Crippen molar-refractivity contribution in [1.82, 2.24) is 4.98 Å². The first-order chi connectivity index (χ1) is 7.77. The molecule has 0 aliphatic heterocycles. The molecule has 2 rings (SSSR count). The van der Waals surface area contributed by atoms with Gasteiger partial charge in [-0.1, -0.05) is 24.4 Å². The molecule has 16 heavy (non-hydrogen) atoms. The van der Waals surface area contributed by atoms with Crippen molar-refractivity contribution in [3.05, 3.63) is 23.5 Å². The third kappa shape index (κ3) is 2.86. The van der Waals surface area contributed by atoms with Gasteiger partial charge in [-0.05, 0) is 24.8 Å². The lowest BCUT2D eigenvalue weighted by Gasteiger charge is -2.29. The normalized spacial score (nSPS) is 25.4. The van der Waals surface area contributed by atoms with Crippen LogP contribution in [0.4, 0.5) is 5.69 Å². The Balaban J connectivity index is 1.89. The Bertz CT molecular complexity index is 343. The van der Waals surface area contributed by atoms with E-state index in [0.717, 1.165) is 18.7 Å². The van der Waals surface area contributed by atoms with Crippen LogP contribution < -0.4 is 11.1 Å². The Morgan fingerprint density at radius 3 is 3.00 bits per heavy atom. The summed E-state index contributed by atoms with van der Waals surface area (Å²) < 4.78 is 0. The van der Waals surface area contributed by atoms with Gasteiger partial charge in [-0.25, -0.2) is 0 Å². The lowest BCUT2D eigenvalue weighted by atomic mass is 9.85. The van der Waals surface area contributed by atoms with Gasteiger partial charge in [0.25, 0.3) is 0 Å². The summed E-state index contributed by atoms with van der Waals surface area (Å²) in [4.78, 5) is 3.96. The number of hydrogen-bond donors (Lipinski definition) is 2. The van der Waals surface area contributed by atoms with E-state index < -0.39 is 0 Å². The Hall–Kier alpha value is -0.800. The molecule has 1 saturated carbocycles. The molecule has 1 fully saturated rings. The van der Waals surface area contributed by atoms with Crippen LogP contribution in [0.1, 0.15) is 25.7 Å². The number of hydrogen-bond acceptors (Lipinski definition) is 3. The predicted octanol–water partition coefficient (Wildman–Crippen LogP) is 2.66. The van der Waals surface area contributed by atoms with E-state index in [-0.39, 0.29) is 0 Å². The van der Waals surface area contributed by atoms with E-state index in [4.69, 9.17) is 17.3 Å². The second-order valence-electron chi connectivity index (χ2n) is 4.44. The molecule has 2 atom stereocenters. The summed E-state index contributed by atoms with van der Waals surface area (Å²) in [5.74, 6) is 0.568. The van der Waals surface area contributed by atoms with Crippen LogP contribution in [0.25, 0.3) is 0 Å². The smallest absolute Gasteiger partial charge is 0.0820 e. The molecule has 0 aromatic carbocycles. The molecule has 88 valence electrons. The summed E-state index contributed by atoms with van der Waals surface area (Å²) >= 11 is 6.02. The van der Waals surface area contributed by atoms with Crippen molar-refractivity contribution in [2.45, 2.75) is 31.7 Å². The van der Waals surface area contributed by atoms with Crippen molar-refractivity contribution < 1.29 is 0 Å². The van der Waals surface area contributed by atoms with Crippen molar-refractivity contribution >= 4 is 17.3 Å². The van der Waals surface area contributed by atoms with E-state index in [2.05, 4.69) is 10.3 Å². The van der Waals surface area contributed by atoms with Gasteiger partial charge in [-0.15, -0.1) is 0 Å². The van der Waals surface area contributed by atoms with Crippen LogP contribution in [0.2, 0.25) is 5.02 Å². The van der Waals surface area contributed by atoms with Crippen LogP contribution in [0.5, 0.6) is 0 Å². The molecule has 0 radical (unpaired) electrons. The molecule has 1 aromatic rings. The molecular weight excluding hydrogens is 222 g/mol. The summed E-state index contributed by atoms with van der Waals surface area (Å²) in [6.07, 6.45) is 8.34. The van der Waals surface area contributed by atoms with E-state index in [1.54, 1.807) is 12.4 Å². The molecule has 1 aliphatic carbocycles. The van der Waals surface area contributed by atoms with E-state index in [9.17, 15) is 0 Å². The molecule has 3 N–H and O–H groups in total. The average Bonchev–Trinajstić information content (AvgIpc) is 2.30. The van der Waals surface area contributed by atoms with Gasteiger partial charge >= 0.3 is 0 Å². The van der Waals surface area contributed by atoms with Gasteiger partial charge < -0.3 is 11.1 Å². The molecule has 0 bridgehead atoms. The number of aromatic nitrogens is 1. The lowest BCUT2D eigenvalue weighted by molar-refractivity contribution is 0.321. The van der Waals surface area contributed by atoms with Crippen LogP contribution in [-0.4, -0.2) is 17.6 Å². The number of pyridine rings is 1. The van der Waals surface area contributed by atoms with Gasteiger partial charge in [-0.2, -0.15) is 0 Å². The molecule has 3 nitrogen and oxygen atoms in total. The topological polar surface area (TPSA) is 50.9 Å². The highest BCUT2D eigenvalue weighted by molar-refractivity contribution is 6.33. The molecular formula is C12H18ClN3. The monoisotopic (exact) mass is 239 g/mol. The first kappa shape index (κ1) is 11.7. The third-order valence-corrected chi connectivity index (χ3v) is 3.60. The maximum Gasteiger partial charge on any atom is 0.0820 e. The second-order valence-corrected chi connectivity index (χ2v) is 4.85. The minimum atomic E-state index is 0.335. The standard InChI is InChI=1S/C12H18ClN3/c13-10-8-15-6-5-12(10)16-7-9-3-1-2-4-11(9)14/h5-6,8-9,11H,1-4,7,14H2,(H,15,16). The zero-order valence-corrected chi connectivity index (χ0v) is 10.1. The number of nitrogens with two attached hydrogens (primary N) is 1. The molecule has 1 aliphatic rings. The maximum atomic E-state index is 6.10. The largest absolute Gasteiger partial charge is 0.383 e. The highest BCUT2D eigenvalue weighted by Gasteiger charge is 2.21. The van der Waals surface area contributed by atoms with E-state index in [0.29, 0.717) is 17.0 Å². The quantitative estimate of drug-likeness (QED) is 0.853. The number of nitrogens with zero attached hydrogens (tertiary/aromatic N) is 1. The lowest BCUT2D eigenvalue weighted by Crippen LogP contribution is -2.37. The van der Waals surface area contributed by atoms with Crippen LogP contribution in [-0.2, 0) is 0 Å². The minimum absolute atomic E-state index is 0.335. The van der Waals surface area contributed by atoms with Crippen LogP contribution >= 0.6 is 11.6 Å². The van der Waals surface area contributed by atoms with E-state index >= 15 is 0 Å². The van der Waals surface area contributed by atoms with Crippen molar-refractivity contribution in [3.63, 3.8) is 0 Å². The fraction of sp³-hybridized carbons (Fsp3) is 0.583. The van der Waals surface area contributed by atoms with Gasteiger partial charge in [0.2, 0.25) is 0 Å². The minimum Gasteiger partial charge on any atom is -0.383 e. The van der Waals surface area contributed by atoms with Gasteiger partial charge in [0.15, 0.2) is 0 Å². The summed E-state index contributed by atoms with van der Waals surface area (Å²) in [5, 5.41) is 4.03. The summed E-state index contributed by atoms with van der Waals surface area (Å²) in [5.41, 5.74) is 7.05. The molecule has 0 amide bonds. The first-order valence-corrected chi connectivity index (χ1v) is 6.24. The van der Waals surface area contributed by atoms with Gasteiger partial charge in [0.05, 0.1) is 10.7 Å². The Labute approximate surface area is 101 Å². The summed E-state index contributed by atoms with van der Waals surface area (Å²) in [6.45, 7) is 0.908. The fourth-order valence-corrected chi connectivity index (χ4v) is 2.44. The summed E-state index contributed by atoms with van der Waals surface area (Å²) in [7, 11) is 0. The second kappa shape index (κ2) is 5.51. The SMILES string of the molecule is NC1CCCCC1CNc1ccncc1Cl. The number of nitrogens with one attached hydrogen (secondary N) is 1. The van der Waals surface area contributed by atoms with Crippen LogP contribution in [0.15, 0.2) is 18.5 Å². The van der Waals surface area contributed by atoms with Crippen molar-refractivity contribution in [2.24, 2.45) is 11.7 Å². The maximum absolute atomic E-state index is 6.10. The van der Waals surface area contributed by atoms with Crippen molar-refractivity contribution in [2.75, 3.05) is 11.9 Å². The van der Waals surface area contributed by atoms with E-state index in [1.807, 2.05) is 6.07 Å².